The topological polar surface area (TPSA) is 79.7 Å². The van der Waals surface area contributed by atoms with Gasteiger partial charge < -0.3 is 16.5 Å². The van der Waals surface area contributed by atoms with Crippen LogP contribution in [-0.2, 0) is 13.0 Å². The molecule has 0 saturated heterocycles. The standard InChI is InChI=1S/C23H31N5/c1-6-14(3)22(15(4)7-2)28-23(19-13-26-11-10-20(19)27-28)17-9-8-16(5)21(25)18(17)12-24/h8-9,12,24,26H,3,6-7,10-11,13,25H2,1-2,4-5H3/b22-15-,24-12?. The summed E-state index contributed by atoms with van der Waals surface area (Å²) in [7, 11) is 0. The molecule has 5 nitrogen and oxygen atoms in total. The molecule has 1 aromatic heterocycles. The van der Waals surface area contributed by atoms with Crippen molar-refractivity contribution in [2.24, 2.45) is 0 Å². The first-order valence-corrected chi connectivity index (χ1v) is 10.0. The predicted molar refractivity (Wildman–Crippen MR) is 119 cm³/mol. The molecule has 28 heavy (non-hydrogen) atoms. The second-order valence-corrected chi connectivity index (χ2v) is 7.45. The maximum Gasteiger partial charge on any atom is 0.0796 e. The number of nitrogens with one attached hydrogen (secondary N) is 2. The number of aromatic nitrogens is 2. The smallest absolute Gasteiger partial charge is 0.0796 e. The lowest BCUT2D eigenvalue weighted by molar-refractivity contribution is 0.636. The summed E-state index contributed by atoms with van der Waals surface area (Å²) < 4.78 is 2.07. The van der Waals surface area contributed by atoms with Gasteiger partial charge in [-0.1, -0.05) is 32.6 Å². The Morgan fingerprint density at radius 1 is 1.36 bits per heavy atom. The third-order valence-electron chi connectivity index (χ3n) is 5.72. The number of fused-ring (bicyclic) bond motifs is 1. The number of nitrogens with zero attached hydrogens (tertiary/aromatic N) is 2. The molecule has 1 aliphatic rings. The Hall–Kier alpha value is -2.66. The lowest BCUT2D eigenvalue weighted by Gasteiger charge is -2.20. The quantitative estimate of drug-likeness (QED) is 0.388. The molecule has 0 fully saturated rings. The van der Waals surface area contributed by atoms with Crippen LogP contribution < -0.4 is 11.1 Å². The first kappa shape index (κ1) is 20.1. The summed E-state index contributed by atoms with van der Waals surface area (Å²) >= 11 is 0. The summed E-state index contributed by atoms with van der Waals surface area (Å²) in [4.78, 5) is 0. The van der Waals surface area contributed by atoms with Crippen molar-refractivity contribution in [2.75, 3.05) is 12.3 Å². The van der Waals surface area contributed by atoms with E-state index in [1.165, 1.54) is 17.4 Å². The van der Waals surface area contributed by atoms with Crippen molar-refractivity contribution in [3.63, 3.8) is 0 Å². The Morgan fingerprint density at radius 3 is 2.75 bits per heavy atom. The number of rotatable bonds is 6. The third-order valence-corrected chi connectivity index (χ3v) is 5.72. The maximum absolute atomic E-state index is 8.00. The normalized spacial score (nSPS) is 14.4. The van der Waals surface area contributed by atoms with Crippen molar-refractivity contribution in [1.82, 2.24) is 15.1 Å². The summed E-state index contributed by atoms with van der Waals surface area (Å²) in [6, 6.07) is 4.10. The molecule has 0 atom stereocenters. The van der Waals surface area contributed by atoms with Gasteiger partial charge in [-0.25, -0.2) is 4.68 Å². The number of benzene rings is 1. The maximum atomic E-state index is 8.00. The molecule has 0 aliphatic carbocycles. The minimum atomic E-state index is 0.657. The van der Waals surface area contributed by atoms with Gasteiger partial charge in [-0.15, -0.1) is 0 Å². The van der Waals surface area contributed by atoms with Crippen LogP contribution in [0.4, 0.5) is 5.69 Å². The molecule has 2 aromatic rings. The molecule has 0 unspecified atom stereocenters. The highest BCUT2D eigenvalue weighted by atomic mass is 15.3. The number of nitrogens with two attached hydrogens (primary N) is 1. The number of nitrogen functional groups attached to an aromatic ring is 1. The van der Waals surface area contributed by atoms with E-state index in [2.05, 4.69) is 43.4 Å². The van der Waals surface area contributed by atoms with Crippen molar-refractivity contribution < 1.29 is 0 Å². The van der Waals surface area contributed by atoms with E-state index in [0.717, 1.165) is 71.7 Å². The van der Waals surface area contributed by atoms with Gasteiger partial charge in [-0.3, -0.25) is 0 Å². The van der Waals surface area contributed by atoms with Crippen molar-refractivity contribution >= 4 is 17.6 Å². The summed E-state index contributed by atoms with van der Waals surface area (Å²) in [5.74, 6) is 0. The molecule has 0 bridgehead atoms. The van der Waals surface area contributed by atoms with Gasteiger partial charge in [0.25, 0.3) is 0 Å². The fourth-order valence-corrected chi connectivity index (χ4v) is 3.82. The van der Waals surface area contributed by atoms with Crippen molar-refractivity contribution in [1.29, 1.82) is 5.41 Å². The van der Waals surface area contributed by atoms with Gasteiger partial charge in [0.15, 0.2) is 0 Å². The van der Waals surface area contributed by atoms with Gasteiger partial charge >= 0.3 is 0 Å². The number of allylic oxidation sites excluding steroid dienone is 3. The molecular formula is C23H31N5. The predicted octanol–water partition coefficient (Wildman–Crippen LogP) is 4.69. The van der Waals surface area contributed by atoms with E-state index >= 15 is 0 Å². The zero-order chi connectivity index (χ0) is 20.4. The molecule has 1 aliphatic heterocycles. The van der Waals surface area contributed by atoms with Crippen molar-refractivity contribution in [3.8, 4) is 11.3 Å². The number of hydrogen-bond donors (Lipinski definition) is 3. The van der Waals surface area contributed by atoms with Crippen LogP contribution in [0.3, 0.4) is 0 Å². The SMILES string of the molecule is C=C(CC)/C(=C(\C)CC)n1nc2c(c1-c1ccc(C)c(N)c1C=N)CNCC2. The minimum Gasteiger partial charge on any atom is -0.398 e. The molecule has 148 valence electrons. The summed E-state index contributed by atoms with van der Waals surface area (Å²) in [6.45, 7) is 14.5. The van der Waals surface area contributed by atoms with Gasteiger partial charge in [-0.2, -0.15) is 5.10 Å². The molecule has 0 radical (unpaired) electrons. The van der Waals surface area contributed by atoms with Gasteiger partial charge in [0, 0.05) is 48.1 Å². The first-order chi connectivity index (χ1) is 13.4. The second kappa shape index (κ2) is 8.15. The fourth-order valence-electron chi connectivity index (χ4n) is 3.82. The molecule has 0 spiro atoms. The highest BCUT2D eigenvalue weighted by Gasteiger charge is 2.26. The van der Waals surface area contributed by atoms with Crippen LogP contribution >= 0.6 is 0 Å². The van der Waals surface area contributed by atoms with Crippen LogP contribution in [0.5, 0.6) is 0 Å². The Morgan fingerprint density at radius 2 is 2.11 bits per heavy atom. The van der Waals surface area contributed by atoms with Gasteiger partial charge in [0.1, 0.15) is 0 Å². The molecule has 0 amide bonds. The van der Waals surface area contributed by atoms with Crippen LogP contribution in [0.15, 0.2) is 29.9 Å². The summed E-state index contributed by atoms with van der Waals surface area (Å²) in [6.07, 6.45) is 4.06. The van der Waals surface area contributed by atoms with E-state index in [-0.39, 0.29) is 0 Å². The van der Waals surface area contributed by atoms with E-state index in [0.29, 0.717) is 5.69 Å². The molecule has 2 heterocycles. The lowest BCUT2D eigenvalue weighted by atomic mass is 9.95. The summed E-state index contributed by atoms with van der Waals surface area (Å²) in [5.41, 5.74) is 16.5. The van der Waals surface area contributed by atoms with Crippen LogP contribution in [0.2, 0.25) is 0 Å². The Balaban J connectivity index is 2.39. The Kier molecular flexibility index (Phi) is 5.84. The monoisotopic (exact) mass is 377 g/mol. The van der Waals surface area contributed by atoms with Crippen LogP contribution in [0.1, 0.15) is 56.0 Å². The highest BCUT2D eigenvalue weighted by molar-refractivity contribution is 5.96. The lowest BCUT2D eigenvalue weighted by Crippen LogP contribution is -2.23. The van der Waals surface area contributed by atoms with Crippen LogP contribution in [-0.4, -0.2) is 22.5 Å². The average Bonchev–Trinajstić information content (AvgIpc) is 3.08. The van der Waals surface area contributed by atoms with E-state index in [1.807, 2.05) is 13.0 Å². The first-order valence-electron chi connectivity index (χ1n) is 10.0. The number of anilines is 1. The number of aryl methyl sites for hydroxylation is 1. The van der Waals surface area contributed by atoms with Gasteiger partial charge in [0.2, 0.25) is 0 Å². The largest absolute Gasteiger partial charge is 0.398 e. The van der Waals surface area contributed by atoms with Crippen LogP contribution in [0.25, 0.3) is 17.0 Å². The third kappa shape index (κ3) is 3.31. The van der Waals surface area contributed by atoms with Crippen molar-refractivity contribution in [3.05, 3.63) is 52.2 Å². The van der Waals surface area contributed by atoms with E-state index < -0.39 is 0 Å². The average molecular weight is 378 g/mol. The van der Waals surface area contributed by atoms with Crippen LogP contribution in [0, 0.1) is 12.3 Å². The minimum absolute atomic E-state index is 0.657. The van der Waals surface area contributed by atoms with Crippen molar-refractivity contribution in [2.45, 2.75) is 53.5 Å². The van der Waals surface area contributed by atoms with E-state index in [4.69, 9.17) is 16.2 Å². The highest BCUT2D eigenvalue weighted by Crippen LogP contribution is 2.37. The Bertz CT molecular complexity index is 962. The second-order valence-electron chi connectivity index (χ2n) is 7.45. The van der Waals surface area contributed by atoms with Gasteiger partial charge in [0.05, 0.1) is 17.1 Å². The van der Waals surface area contributed by atoms with Gasteiger partial charge in [-0.05, 0) is 43.4 Å². The van der Waals surface area contributed by atoms with E-state index in [1.54, 1.807) is 0 Å². The molecule has 0 saturated carbocycles. The molecule has 3 rings (SSSR count). The molecule has 5 heteroatoms. The zero-order valence-corrected chi connectivity index (χ0v) is 17.4. The Labute approximate surface area is 167 Å². The number of hydrogen-bond acceptors (Lipinski definition) is 4. The zero-order valence-electron chi connectivity index (χ0n) is 17.4. The summed E-state index contributed by atoms with van der Waals surface area (Å²) in [5, 5.41) is 16.5. The molecule has 1 aromatic carbocycles. The van der Waals surface area contributed by atoms with E-state index in [9.17, 15) is 0 Å². The fraction of sp³-hybridized carbons (Fsp3) is 0.391. The molecule has 4 N–H and O–H groups in total. The molecular weight excluding hydrogens is 346 g/mol.